The summed E-state index contributed by atoms with van der Waals surface area (Å²) in [4.78, 5) is 79.7. The maximum Gasteiger partial charge on any atom is 0.269 e. The summed E-state index contributed by atoms with van der Waals surface area (Å²) in [6.07, 6.45) is 3.54. The number of rotatable bonds is 5. The molecular weight excluding hydrogens is 544 g/mol. The van der Waals surface area contributed by atoms with Gasteiger partial charge in [-0.3, -0.25) is 39.4 Å². The molecule has 42 heavy (non-hydrogen) atoms. The fourth-order valence-electron chi connectivity index (χ4n) is 7.43. The van der Waals surface area contributed by atoms with Crippen LogP contribution in [0.5, 0.6) is 0 Å². The fourth-order valence-corrected chi connectivity index (χ4v) is 7.43. The summed E-state index contributed by atoms with van der Waals surface area (Å²) < 4.78 is 0. The molecule has 0 N–H and O–H groups in total. The van der Waals surface area contributed by atoms with E-state index in [-0.39, 0.29) is 22.7 Å². The zero-order chi connectivity index (χ0) is 29.5. The van der Waals surface area contributed by atoms with Crippen LogP contribution in [0.4, 0.5) is 22.7 Å². The van der Waals surface area contributed by atoms with E-state index in [1.807, 2.05) is 0 Å². The van der Waals surface area contributed by atoms with E-state index in [1.165, 1.54) is 48.5 Å². The molecule has 0 unspecified atom stereocenters. The van der Waals surface area contributed by atoms with Crippen molar-refractivity contribution in [1.82, 2.24) is 0 Å². The number of anilines is 2. The summed E-state index contributed by atoms with van der Waals surface area (Å²) in [5.41, 5.74) is -0.797. The number of non-ortho nitro benzene ring substituents is 2. The second-order valence-corrected chi connectivity index (χ2v) is 10.8. The van der Waals surface area contributed by atoms with E-state index < -0.39 is 68.5 Å². The molecule has 0 aromatic heterocycles. The number of imide groups is 2. The van der Waals surface area contributed by atoms with Crippen LogP contribution in [0, 0.1) is 49.8 Å². The lowest BCUT2D eigenvalue weighted by Crippen LogP contribution is -2.60. The van der Waals surface area contributed by atoms with Crippen LogP contribution in [-0.2, 0) is 24.6 Å². The number of benzene rings is 3. The van der Waals surface area contributed by atoms with Gasteiger partial charge < -0.3 is 0 Å². The van der Waals surface area contributed by atoms with Crippen molar-refractivity contribution in [3.05, 3.63) is 117 Å². The van der Waals surface area contributed by atoms with E-state index in [4.69, 9.17) is 0 Å². The minimum atomic E-state index is -1.34. The van der Waals surface area contributed by atoms with E-state index in [9.17, 15) is 39.4 Å². The van der Waals surface area contributed by atoms with Gasteiger partial charge in [0, 0.05) is 35.6 Å². The van der Waals surface area contributed by atoms with Crippen molar-refractivity contribution in [2.24, 2.45) is 29.6 Å². The van der Waals surface area contributed by atoms with Crippen molar-refractivity contribution in [2.45, 2.75) is 5.41 Å². The van der Waals surface area contributed by atoms with Crippen LogP contribution in [0.1, 0.15) is 5.56 Å². The summed E-state index contributed by atoms with van der Waals surface area (Å²) in [6, 6.07) is 19.0. The number of allylic oxidation sites excluding steroid dienone is 2. The number of carbonyl (C=O) groups excluding carboxylic acids is 4. The molecule has 5 aliphatic rings. The van der Waals surface area contributed by atoms with Gasteiger partial charge in [-0.25, -0.2) is 9.80 Å². The molecule has 1 saturated carbocycles. The van der Waals surface area contributed by atoms with Crippen molar-refractivity contribution < 1.29 is 29.0 Å². The molecule has 2 aliphatic heterocycles. The van der Waals surface area contributed by atoms with Gasteiger partial charge in [-0.15, -0.1) is 0 Å². The Morgan fingerprint density at radius 2 is 1.02 bits per heavy atom. The summed E-state index contributed by atoms with van der Waals surface area (Å²) in [5, 5.41) is 22.3. The Bertz CT molecular complexity index is 1650. The lowest BCUT2D eigenvalue weighted by atomic mass is 9.45. The highest BCUT2D eigenvalue weighted by Gasteiger charge is 2.75. The van der Waals surface area contributed by atoms with Gasteiger partial charge in [0.2, 0.25) is 23.6 Å². The molecule has 8 rings (SSSR count). The van der Waals surface area contributed by atoms with E-state index in [0.29, 0.717) is 5.56 Å². The number of carbonyl (C=O) groups is 4. The van der Waals surface area contributed by atoms with Gasteiger partial charge in [-0.2, -0.15) is 0 Å². The van der Waals surface area contributed by atoms with Crippen LogP contribution >= 0.6 is 0 Å². The predicted molar refractivity (Wildman–Crippen MR) is 146 cm³/mol. The van der Waals surface area contributed by atoms with Gasteiger partial charge >= 0.3 is 0 Å². The molecular formula is C30H20N4O8. The normalized spacial score (nSPS) is 29.2. The number of hydrogen-bond donors (Lipinski definition) is 0. The Morgan fingerprint density at radius 1 is 0.595 bits per heavy atom. The lowest BCUT2D eigenvalue weighted by Gasteiger charge is -2.53. The molecule has 0 spiro atoms. The van der Waals surface area contributed by atoms with Crippen molar-refractivity contribution >= 4 is 46.4 Å². The average Bonchev–Trinajstić information content (AvgIpc) is 3.44. The van der Waals surface area contributed by atoms with Crippen LogP contribution in [0.25, 0.3) is 0 Å². The topological polar surface area (TPSA) is 161 Å². The first-order chi connectivity index (χ1) is 20.2. The highest BCUT2D eigenvalue weighted by atomic mass is 16.6. The third-order valence-corrected chi connectivity index (χ3v) is 9.07. The second kappa shape index (κ2) is 8.74. The van der Waals surface area contributed by atoms with E-state index >= 15 is 0 Å². The van der Waals surface area contributed by atoms with Gasteiger partial charge in [0.1, 0.15) is 0 Å². The van der Waals surface area contributed by atoms with Crippen LogP contribution in [0.2, 0.25) is 0 Å². The summed E-state index contributed by atoms with van der Waals surface area (Å²) in [6.45, 7) is 0. The standard InChI is InChI=1S/C30H20N4O8/c35-26-22-21-14-15-30(16-4-2-1-3-5-16,24(22)28(37)31(26)17-6-10-19(11-7-17)33(39)40)25-23(21)27(36)32(29(25)38)18-8-12-20(13-9-18)34(41)42/h1-15,21-25H/t21?,22-,23-,24-,25-,30?/m1/s1. The van der Waals surface area contributed by atoms with Gasteiger partial charge in [0.05, 0.1) is 44.9 Å². The van der Waals surface area contributed by atoms with Crippen LogP contribution in [-0.4, -0.2) is 33.5 Å². The van der Waals surface area contributed by atoms with Gasteiger partial charge in [-0.05, 0) is 29.8 Å². The molecule has 3 fully saturated rings. The Labute approximate surface area is 237 Å². The van der Waals surface area contributed by atoms with Gasteiger partial charge in [0.15, 0.2) is 0 Å². The molecule has 12 nitrogen and oxygen atoms in total. The van der Waals surface area contributed by atoms with Gasteiger partial charge in [-0.1, -0.05) is 42.5 Å². The first-order valence-electron chi connectivity index (χ1n) is 13.2. The summed E-state index contributed by atoms with van der Waals surface area (Å²) in [5.74, 6) is -6.86. The molecule has 3 aromatic rings. The second-order valence-electron chi connectivity index (χ2n) is 10.8. The number of nitro groups is 2. The summed E-state index contributed by atoms with van der Waals surface area (Å²) >= 11 is 0. The Hall–Kier alpha value is -5.52. The highest BCUT2D eigenvalue weighted by molar-refractivity contribution is 6.27. The SMILES string of the molecule is O=C1[C@@H]2C3C=CC(c4ccccc4)([C@H]2C(=O)N1c1ccc([N+](=O)[O-])cc1)[C@H]1C(=O)N(c2ccc([N+](=O)[O-])cc2)C(=O)[C@H]31. The minimum Gasteiger partial charge on any atom is -0.274 e. The molecule has 3 aliphatic carbocycles. The molecule has 4 atom stereocenters. The number of nitro benzene ring substituents is 2. The number of nitrogens with zero attached hydrogens (tertiary/aromatic N) is 4. The van der Waals surface area contributed by atoms with E-state index in [2.05, 4.69) is 0 Å². The van der Waals surface area contributed by atoms with Crippen molar-refractivity contribution in [3.8, 4) is 0 Å². The maximum absolute atomic E-state index is 14.2. The third-order valence-electron chi connectivity index (χ3n) is 9.07. The lowest BCUT2D eigenvalue weighted by molar-refractivity contribution is -0.385. The molecule has 2 saturated heterocycles. The Morgan fingerprint density at radius 3 is 1.43 bits per heavy atom. The highest BCUT2D eigenvalue weighted by Crippen LogP contribution is 2.65. The average molecular weight is 565 g/mol. The molecule has 3 aromatic carbocycles. The number of hydrogen-bond acceptors (Lipinski definition) is 8. The van der Waals surface area contributed by atoms with Crippen molar-refractivity contribution in [2.75, 3.05) is 9.80 Å². The fraction of sp³-hybridized carbons (Fsp3) is 0.200. The number of amides is 4. The van der Waals surface area contributed by atoms with Crippen molar-refractivity contribution in [1.29, 1.82) is 0 Å². The molecule has 0 radical (unpaired) electrons. The monoisotopic (exact) mass is 564 g/mol. The quantitative estimate of drug-likeness (QED) is 0.197. The Balaban J connectivity index is 1.37. The molecule has 2 heterocycles. The Kier molecular flexibility index (Phi) is 5.29. The van der Waals surface area contributed by atoms with Crippen LogP contribution < -0.4 is 9.80 Å². The largest absolute Gasteiger partial charge is 0.274 e. The molecule has 208 valence electrons. The third kappa shape index (κ3) is 3.17. The zero-order valence-electron chi connectivity index (χ0n) is 21.6. The molecule has 4 amide bonds. The van der Waals surface area contributed by atoms with Crippen molar-refractivity contribution in [3.63, 3.8) is 0 Å². The first-order valence-corrected chi connectivity index (χ1v) is 13.2. The van der Waals surface area contributed by atoms with Gasteiger partial charge in [0.25, 0.3) is 11.4 Å². The first kappa shape index (κ1) is 25.4. The predicted octanol–water partition coefficient (Wildman–Crippen LogP) is 3.55. The van der Waals surface area contributed by atoms with E-state index in [0.717, 1.165) is 9.80 Å². The van der Waals surface area contributed by atoms with E-state index in [1.54, 1.807) is 42.5 Å². The minimum absolute atomic E-state index is 0.169. The van der Waals surface area contributed by atoms with Crippen LogP contribution in [0.3, 0.4) is 0 Å². The van der Waals surface area contributed by atoms with Crippen LogP contribution in [0.15, 0.2) is 91.0 Å². The smallest absolute Gasteiger partial charge is 0.269 e. The maximum atomic E-state index is 14.2. The summed E-state index contributed by atoms with van der Waals surface area (Å²) in [7, 11) is 0. The molecule has 2 bridgehead atoms. The molecule has 12 heteroatoms. The zero-order valence-corrected chi connectivity index (χ0v) is 21.6.